The van der Waals surface area contributed by atoms with Gasteiger partial charge in [-0.25, -0.2) is 4.99 Å². The highest BCUT2D eigenvalue weighted by Crippen LogP contribution is 2.23. The molecule has 0 aliphatic carbocycles. The topological polar surface area (TPSA) is 56.9 Å². The van der Waals surface area contributed by atoms with Crippen LogP contribution >= 0.6 is 0 Å². The Balaban J connectivity index is 1.74. The van der Waals surface area contributed by atoms with Gasteiger partial charge in [-0.05, 0) is 38.0 Å². The van der Waals surface area contributed by atoms with Crippen molar-refractivity contribution in [3.63, 3.8) is 0 Å². The lowest BCUT2D eigenvalue weighted by Crippen LogP contribution is -2.49. The van der Waals surface area contributed by atoms with Crippen LogP contribution in [0.2, 0.25) is 0 Å². The SMILES string of the molecule is C=C(C)CN=C(N)NCCN1CCN(c2cccc(C)c2C)CC1. The van der Waals surface area contributed by atoms with Crippen molar-refractivity contribution < 1.29 is 0 Å². The zero-order chi connectivity index (χ0) is 17.5. The van der Waals surface area contributed by atoms with Gasteiger partial charge in [-0.1, -0.05) is 24.3 Å². The van der Waals surface area contributed by atoms with Crippen molar-refractivity contribution >= 4 is 11.6 Å². The summed E-state index contributed by atoms with van der Waals surface area (Å²) in [4.78, 5) is 9.20. The van der Waals surface area contributed by atoms with Crippen LogP contribution in [-0.4, -0.2) is 56.7 Å². The summed E-state index contributed by atoms with van der Waals surface area (Å²) in [6.45, 7) is 16.9. The predicted molar refractivity (Wildman–Crippen MR) is 104 cm³/mol. The second kappa shape index (κ2) is 8.73. The van der Waals surface area contributed by atoms with Crippen LogP contribution in [0.25, 0.3) is 0 Å². The lowest BCUT2D eigenvalue weighted by atomic mass is 10.1. The molecule has 132 valence electrons. The quantitative estimate of drug-likeness (QED) is 0.475. The number of nitrogens with one attached hydrogen (secondary N) is 1. The zero-order valence-corrected chi connectivity index (χ0v) is 15.3. The normalized spacial score (nSPS) is 16.3. The minimum atomic E-state index is 0.507. The van der Waals surface area contributed by atoms with E-state index in [-0.39, 0.29) is 0 Å². The molecular formula is C19H31N5. The smallest absolute Gasteiger partial charge is 0.188 e. The number of hydrogen-bond acceptors (Lipinski definition) is 3. The molecular weight excluding hydrogens is 298 g/mol. The molecule has 5 nitrogen and oxygen atoms in total. The van der Waals surface area contributed by atoms with E-state index in [4.69, 9.17) is 5.73 Å². The highest BCUT2D eigenvalue weighted by Gasteiger charge is 2.18. The van der Waals surface area contributed by atoms with Crippen molar-refractivity contribution in [3.8, 4) is 0 Å². The molecule has 0 amide bonds. The van der Waals surface area contributed by atoms with Crippen LogP contribution in [0.1, 0.15) is 18.1 Å². The standard InChI is InChI=1S/C19H31N5/c1-15(2)14-22-19(20)21-8-9-23-10-12-24(13-11-23)18-7-5-6-16(3)17(18)4/h5-7H,1,8-14H2,2-4H3,(H3,20,21,22). The monoisotopic (exact) mass is 329 g/mol. The van der Waals surface area contributed by atoms with Crippen LogP contribution in [0.5, 0.6) is 0 Å². The number of nitrogens with zero attached hydrogens (tertiary/aromatic N) is 3. The summed E-state index contributed by atoms with van der Waals surface area (Å²) in [5.74, 6) is 0.507. The lowest BCUT2D eigenvalue weighted by molar-refractivity contribution is 0.261. The summed E-state index contributed by atoms with van der Waals surface area (Å²) in [5.41, 5.74) is 11.0. The number of aryl methyl sites for hydroxylation is 1. The fourth-order valence-electron chi connectivity index (χ4n) is 2.91. The number of aliphatic imine (C=N–C) groups is 1. The maximum atomic E-state index is 5.84. The van der Waals surface area contributed by atoms with E-state index in [2.05, 4.69) is 58.7 Å². The first-order valence-corrected chi connectivity index (χ1v) is 8.69. The molecule has 1 saturated heterocycles. The molecule has 0 atom stereocenters. The number of anilines is 1. The van der Waals surface area contributed by atoms with Crippen LogP contribution in [0.3, 0.4) is 0 Å². The van der Waals surface area contributed by atoms with Crippen LogP contribution in [0.4, 0.5) is 5.69 Å². The second-order valence-corrected chi connectivity index (χ2v) is 6.63. The van der Waals surface area contributed by atoms with Crippen LogP contribution in [0.15, 0.2) is 35.3 Å². The number of benzene rings is 1. The van der Waals surface area contributed by atoms with Gasteiger partial charge in [0.25, 0.3) is 0 Å². The first kappa shape index (κ1) is 18.3. The maximum absolute atomic E-state index is 5.84. The molecule has 1 aromatic rings. The van der Waals surface area contributed by atoms with E-state index in [1.165, 1.54) is 16.8 Å². The number of nitrogens with two attached hydrogens (primary N) is 1. The molecule has 0 aromatic heterocycles. The molecule has 0 radical (unpaired) electrons. The number of rotatable bonds is 6. The highest BCUT2D eigenvalue weighted by molar-refractivity contribution is 5.77. The van der Waals surface area contributed by atoms with Gasteiger partial charge in [0, 0.05) is 45.0 Å². The van der Waals surface area contributed by atoms with Crippen molar-refractivity contribution in [1.29, 1.82) is 0 Å². The number of hydrogen-bond donors (Lipinski definition) is 2. The predicted octanol–water partition coefficient (Wildman–Crippen LogP) is 1.91. The first-order valence-electron chi connectivity index (χ1n) is 8.69. The lowest BCUT2D eigenvalue weighted by Gasteiger charge is -2.37. The summed E-state index contributed by atoms with van der Waals surface area (Å²) in [7, 11) is 0. The van der Waals surface area contributed by atoms with Crippen molar-refractivity contribution in [1.82, 2.24) is 10.2 Å². The van der Waals surface area contributed by atoms with E-state index >= 15 is 0 Å². The average Bonchev–Trinajstić information content (AvgIpc) is 2.56. The van der Waals surface area contributed by atoms with E-state index in [1.807, 2.05) is 6.92 Å². The highest BCUT2D eigenvalue weighted by atomic mass is 15.3. The van der Waals surface area contributed by atoms with Crippen molar-refractivity contribution in [2.45, 2.75) is 20.8 Å². The fraction of sp³-hybridized carbons (Fsp3) is 0.526. The molecule has 1 fully saturated rings. The van der Waals surface area contributed by atoms with Gasteiger partial charge in [0.15, 0.2) is 5.96 Å². The summed E-state index contributed by atoms with van der Waals surface area (Å²) in [6.07, 6.45) is 0. The Kier molecular flexibility index (Phi) is 6.67. The Hall–Kier alpha value is -2.01. The summed E-state index contributed by atoms with van der Waals surface area (Å²) >= 11 is 0. The second-order valence-electron chi connectivity index (χ2n) is 6.63. The molecule has 0 spiro atoms. The maximum Gasteiger partial charge on any atom is 0.188 e. The van der Waals surface area contributed by atoms with Crippen LogP contribution in [0, 0.1) is 13.8 Å². The van der Waals surface area contributed by atoms with Gasteiger partial charge in [-0.2, -0.15) is 0 Å². The third kappa shape index (κ3) is 5.27. The van der Waals surface area contributed by atoms with Crippen molar-refractivity contribution in [3.05, 3.63) is 41.5 Å². The minimum Gasteiger partial charge on any atom is -0.370 e. The van der Waals surface area contributed by atoms with Gasteiger partial charge in [-0.15, -0.1) is 0 Å². The van der Waals surface area contributed by atoms with Gasteiger partial charge in [0.05, 0.1) is 6.54 Å². The molecule has 24 heavy (non-hydrogen) atoms. The Labute approximate surface area is 146 Å². The molecule has 1 aliphatic heterocycles. The number of piperazine rings is 1. The largest absolute Gasteiger partial charge is 0.370 e. The molecule has 0 bridgehead atoms. The van der Waals surface area contributed by atoms with Gasteiger partial charge in [0.1, 0.15) is 0 Å². The summed E-state index contributed by atoms with van der Waals surface area (Å²) in [6, 6.07) is 6.57. The minimum absolute atomic E-state index is 0.507. The molecule has 3 N–H and O–H groups in total. The van der Waals surface area contributed by atoms with Gasteiger partial charge in [-0.3, -0.25) is 4.90 Å². The van der Waals surface area contributed by atoms with Gasteiger partial charge < -0.3 is 16.0 Å². The third-order valence-electron chi connectivity index (χ3n) is 4.54. The Morgan fingerprint density at radius 1 is 1.25 bits per heavy atom. The molecule has 1 heterocycles. The van der Waals surface area contributed by atoms with Gasteiger partial charge in [0.2, 0.25) is 0 Å². The Morgan fingerprint density at radius 2 is 1.96 bits per heavy atom. The third-order valence-corrected chi connectivity index (χ3v) is 4.54. The van der Waals surface area contributed by atoms with E-state index in [1.54, 1.807) is 0 Å². The fourth-order valence-corrected chi connectivity index (χ4v) is 2.91. The zero-order valence-electron chi connectivity index (χ0n) is 15.3. The molecule has 1 aromatic carbocycles. The molecule has 5 heteroatoms. The molecule has 1 aliphatic rings. The van der Waals surface area contributed by atoms with E-state index in [9.17, 15) is 0 Å². The molecule has 0 unspecified atom stereocenters. The van der Waals surface area contributed by atoms with E-state index in [0.717, 1.165) is 44.8 Å². The summed E-state index contributed by atoms with van der Waals surface area (Å²) in [5, 5.41) is 3.18. The summed E-state index contributed by atoms with van der Waals surface area (Å²) < 4.78 is 0. The molecule has 2 rings (SSSR count). The van der Waals surface area contributed by atoms with E-state index in [0.29, 0.717) is 12.5 Å². The number of guanidine groups is 1. The van der Waals surface area contributed by atoms with Gasteiger partial charge >= 0.3 is 0 Å². The Morgan fingerprint density at radius 3 is 2.62 bits per heavy atom. The Bertz CT molecular complexity index is 585. The van der Waals surface area contributed by atoms with E-state index < -0.39 is 0 Å². The van der Waals surface area contributed by atoms with Crippen molar-refractivity contribution in [2.75, 3.05) is 50.7 Å². The molecule has 0 saturated carbocycles. The first-order chi connectivity index (χ1) is 11.5. The van der Waals surface area contributed by atoms with Crippen LogP contribution in [-0.2, 0) is 0 Å². The average molecular weight is 329 g/mol. The van der Waals surface area contributed by atoms with Crippen LogP contribution < -0.4 is 16.0 Å². The van der Waals surface area contributed by atoms with Crippen molar-refractivity contribution in [2.24, 2.45) is 10.7 Å².